The largest absolute Gasteiger partial charge is 0.493 e. The number of hydrogen-bond donors (Lipinski definition) is 1. The lowest BCUT2D eigenvalue weighted by Gasteiger charge is -2.30. The highest BCUT2D eigenvalue weighted by atomic mass is 35.5. The molecular weight excluding hydrogens is 296 g/mol. The van der Waals surface area contributed by atoms with Gasteiger partial charge in [0.2, 0.25) is 0 Å². The van der Waals surface area contributed by atoms with Crippen molar-refractivity contribution in [3.05, 3.63) is 28.3 Å². The van der Waals surface area contributed by atoms with E-state index in [1.165, 1.54) is 24.0 Å². The number of hydrogen-bond acceptors (Lipinski definition) is 3. The third-order valence-electron chi connectivity index (χ3n) is 4.40. The van der Waals surface area contributed by atoms with Crippen LogP contribution >= 0.6 is 11.6 Å². The van der Waals surface area contributed by atoms with E-state index in [1.807, 2.05) is 13.0 Å². The van der Waals surface area contributed by atoms with Crippen molar-refractivity contribution in [1.82, 2.24) is 4.90 Å². The summed E-state index contributed by atoms with van der Waals surface area (Å²) in [4.78, 5) is 2.53. The zero-order valence-corrected chi connectivity index (χ0v) is 14.8. The number of likely N-dealkylation sites (tertiary alicyclic amines) is 1. The molecule has 0 aromatic heterocycles. The molecule has 4 heteroatoms. The Bertz CT molecular complexity index is 484. The lowest BCUT2D eigenvalue weighted by atomic mass is 9.93. The van der Waals surface area contributed by atoms with Gasteiger partial charge in [-0.15, -0.1) is 0 Å². The van der Waals surface area contributed by atoms with Crippen LogP contribution < -0.4 is 10.5 Å². The van der Waals surface area contributed by atoms with Gasteiger partial charge in [-0.3, -0.25) is 4.90 Å². The van der Waals surface area contributed by atoms with E-state index in [4.69, 9.17) is 22.1 Å². The normalized spacial score (nSPS) is 17.2. The van der Waals surface area contributed by atoms with Gasteiger partial charge in [0.05, 0.1) is 6.61 Å². The fourth-order valence-electron chi connectivity index (χ4n) is 3.37. The van der Waals surface area contributed by atoms with Gasteiger partial charge in [-0.25, -0.2) is 0 Å². The molecule has 1 aliphatic heterocycles. The Morgan fingerprint density at radius 3 is 2.41 bits per heavy atom. The van der Waals surface area contributed by atoms with Crippen molar-refractivity contribution in [2.24, 2.45) is 5.73 Å². The molecule has 124 valence electrons. The second kappa shape index (κ2) is 8.19. The van der Waals surface area contributed by atoms with Gasteiger partial charge < -0.3 is 10.5 Å². The number of halogens is 1. The summed E-state index contributed by atoms with van der Waals surface area (Å²) in [5.41, 5.74) is 8.31. The summed E-state index contributed by atoms with van der Waals surface area (Å²) in [7, 11) is 0. The van der Waals surface area contributed by atoms with Gasteiger partial charge in [0.15, 0.2) is 0 Å². The Labute approximate surface area is 139 Å². The minimum atomic E-state index is 0.310. The van der Waals surface area contributed by atoms with Gasteiger partial charge in [-0.1, -0.05) is 25.4 Å². The highest BCUT2D eigenvalue weighted by molar-refractivity contribution is 6.30. The molecule has 0 aliphatic carbocycles. The van der Waals surface area contributed by atoms with Crippen molar-refractivity contribution in [3.8, 4) is 5.75 Å². The molecule has 0 bridgehead atoms. The first-order chi connectivity index (χ1) is 10.6. The molecule has 3 nitrogen and oxygen atoms in total. The summed E-state index contributed by atoms with van der Waals surface area (Å²) < 4.78 is 6.05. The zero-order valence-electron chi connectivity index (χ0n) is 14.1. The van der Waals surface area contributed by atoms with Crippen molar-refractivity contribution in [2.45, 2.75) is 52.0 Å². The van der Waals surface area contributed by atoms with E-state index >= 15 is 0 Å². The Morgan fingerprint density at radius 1 is 1.23 bits per heavy atom. The number of ether oxygens (including phenoxy) is 1. The van der Waals surface area contributed by atoms with Gasteiger partial charge in [0.1, 0.15) is 5.75 Å². The highest BCUT2D eigenvalue weighted by Gasteiger charge is 2.27. The van der Waals surface area contributed by atoms with Crippen LogP contribution in [0.1, 0.15) is 63.1 Å². The van der Waals surface area contributed by atoms with Gasteiger partial charge >= 0.3 is 0 Å². The van der Waals surface area contributed by atoms with Gasteiger partial charge in [0.25, 0.3) is 0 Å². The van der Waals surface area contributed by atoms with Crippen LogP contribution in [0, 0.1) is 0 Å². The van der Waals surface area contributed by atoms with Crippen LogP contribution in [-0.4, -0.2) is 31.1 Å². The fraction of sp³-hybridized carbons (Fsp3) is 0.667. The van der Waals surface area contributed by atoms with Crippen molar-refractivity contribution in [3.63, 3.8) is 0 Å². The summed E-state index contributed by atoms with van der Waals surface area (Å²) in [6.45, 7) is 10.0. The van der Waals surface area contributed by atoms with Crippen LogP contribution in [0.5, 0.6) is 5.75 Å². The first-order valence-corrected chi connectivity index (χ1v) is 8.86. The summed E-state index contributed by atoms with van der Waals surface area (Å²) in [6.07, 6.45) is 3.48. The number of benzene rings is 1. The Kier molecular flexibility index (Phi) is 6.54. The molecule has 1 heterocycles. The van der Waals surface area contributed by atoms with Crippen LogP contribution in [-0.2, 0) is 0 Å². The predicted molar refractivity (Wildman–Crippen MR) is 93.9 cm³/mol. The molecule has 1 aliphatic rings. The van der Waals surface area contributed by atoms with Gasteiger partial charge in [-0.05, 0) is 69.4 Å². The van der Waals surface area contributed by atoms with E-state index < -0.39 is 0 Å². The average molecular weight is 325 g/mol. The number of nitrogens with two attached hydrogens (primary N) is 1. The van der Waals surface area contributed by atoms with E-state index in [2.05, 4.69) is 24.8 Å². The molecule has 1 aromatic rings. The van der Waals surface area contributed by atoms with E-state index in [9.17, 15) is 0 Å². The maximum absolute atomic E-state index is 6.41. The molecular formula is C18H29ClN2O. The van der Waals surface area contributed by atoms with E-state index in [0.29, 0.717) is 25.1 Å². The smallest absolute Gasteiger partial charge is 0.127 e. The average Bonchev–Trinajstić information content (AvgIpc) is 3.00. The monoisotopic (exact) mass is 324 g/mol. The predicted octanol–water partition coefficient (Wildman–Crippen LogP) is 4.35. The molecule has 1 atom stereocenters. The van der Waals surface area contributed by atoms with E-state index in [0.717, 1.165) is 30.3 Å². The van der Waals surface area contributed by atoms with Crippen LogP contribution in [0.2, 0.25) is 5.02 Å². The standard InChI is InChI=1S/C18H29ClN2O/c1-4-22-18-15(13(2)3)11-14(19)12-16(18)17(7-8-20)21-9-5-6-10-21/h11-13,17H,4-10,20H2,1-3H3. The van der Waals surface area contributed by atoms with Crippen molar-refractivity contribution in [1.29, 1.82) is 0 Å². The number of nitrogens with zero attached hydrogens (tertiary/aromatic N) is 1. The van der Waals surface area contributed by atoms with E-state index in [-0.39, 0.29) is 0 Å². The maximum Gasteiger partial charge on any atom is 0.127 e. The van der Waals surface area contributed by atoms with Crippen LogP contribution in [0.15, 0.2) is 12.1 Å². The summed E-state index contributed by atoms with van der Waals surface area (Å²) in [5.74, 6) is 1.41. The molecule has 1 aromatic carbocycles. The summed E-state index contributed by atoms with van der Waals surface area (Å²) in [6, 6.07) is 4.44. The molecule has 2 N–H and O–H groups in total. The number of rotatable bonds is 7. The van der Waals surface area contributed by atoms with Gasteiger partial charge in [0, 0.05) is 16.6 Å². The minimum absolute atomic E-state index is 0.310. The van der Waals surface area contributed by atoms with Crippen molar-refractivity contribution >= 4 is 11.6 Å². The Morgan fingerprint density at radius 2 is 1.86 bits per heavy atom. The third-order valence-corrected chi connectivity index (χ3v) is 4.62. The topological polar surface area (TPSA) is 38.5 Å². The van der Waals surface area contributed by atoms with E-state index in [1.54, 1.807) is 0 Å². The van der Waals surface area contributed by atoms with Crippen LogP contribution in [0.3, 0.4) is 0 Å². The Hall–Kier alpha value is -0.770. The SMILES string of the molecule is CCOc1c(C(C)C)cc(Cl)cc1C(CCN)N1CCCC1. The van der Waals surface area contributed by atoms with Crippen molar-refractivity contribution in [2.75, 3.05) is 26.2 Å². The first kappa shape index (κ1) is 17.6. The molecule has 0 saturated carbocycles. The Balaban J connectivity index is 2.48. The maximum atomic E-state index is 6.41. The lowest BCUT2D eigenvalue weighted by Crippen LogP contribution is -2.28. The van der Waals surface area contributed by atoms with Crippen LogP contribution in [0.25, 0.3) is 0 Å². The van der Waals surface area contributed by atoms with Crippen LogP contribution in [0.4, 0.5) is 0 Å². The molecule has 22 heavy (non-hydrogen) atoms. The second-order valence-corrected chi connectivity index (χ2v) is 6.77. The highest BCUT2D eigenvalue weighted by Crippen LogP contribution is 2.40. The molecule has 0 radical (unpaired) electrons. The van der Waals surface area contributed by atoms with Crippen molar-refractivity contribution < 1.29 is 4.74 Å². The lowest BCUT2D eigenvalue weighted by molar-refractivity contribution is 0.226. The first-order valence-electron chi connectivity index (χ1n) is 8.48. The molecule has 1 unspecified atom stereocenters. The second-order valence-electron chi connectivity index (χ2n) is 6.34. The quantitative estimate of drug-likeness (QED) is 0.810. The van der Waals surface area contributed by atoms with Gasteiger partial charge in [-0.2, -0.15) is 0 Å². The zero-order chi connectivity index (χ0) is 16.1. The summed E-state index contributed by atoms with van der Waals surface area (Å²) in [5, 5.41) is 0.795. The minimum Gasteiger partial charge on any atom is -0.493 e. The fourth-order valence-corrected chi connectivity index (χ4v) is 3.60. The molecule has 0 amide bonds. The molecule has 1 saturated heterocycles. The molecule has 1 fully saturated rings. The third kappa shape index (κ3) is 3.95. The molecule has 2 rings (SSSR count). The summed E-state index contributed by atoms with van der Waals surface area (Å²) >= 11 is 6.41. The molecule has 0 spiro atoms.